The van der Waals surface area contributed by atoms with Gasteiger partial charge in [0.25, 0.3) is 0 Å². The second kappa shape index (κ2) is 11.2. The Morgan fingerprint density at radius 2 is 1.48 bits per heavy atom. The third-order valence-electron chi connectivity index (χ3n) is 5.77. The predicted octanol–water partition coefficient (Wildman–Crippen LogP) is 3.37. The number of ether oxygens (including phenoxy) is 1. The summed E-state index contributed by atoms with van der Waals surface area (Å²) in [6, 6.07) is 25.6. The van der Waals surface area contributed by atoms with Crippen molar-refractivity contribution < 1.29 is 9.84 Å². The molecule has 1 atom stereocenters. The molecule has 0 spiro atoms. The number of aliphatic hydroxyl groups is 1. The zero-order chi connectivity index (χ0) is 21.3. The Kier molecular flexibility index (Phi) is 7.80. The zero-order valence-corrected chi connectivity index (χ0v) is 17.9. The predicted molar refractivity (Wildman–Crippen MR) is 123 cm³/mol. The average Bonchev–Trinajstić information content (AvgIpc) is 2.82. The Labute approximate surface area is 184 Å². The third-order valence-corrected chi connectivity index (χ3v) is 5.77. The SMILES string of the molecule is OC(COCc1cccnc1)CN1CCN(C(c2ccccc2)c2ccccc2)CC1. The maximum absolute atomic E-state index is 10.4. The summed E-state index contributed by atoms with van der Waals surface area (Å²) < 4.78 is 5.67. The standard InChI is InChI=1S/C26H31N3O2/c30-25(21-31-20-22-8-7-13-27-18-22)19-28-14-16-29(17-15-28)26(23-9-3-1-4-10-23)24-11-5-2-6-12-24/h1-13,18,25-26,30H,14-17,19-21H2. The maximum atomic E-state index is 10.4. The first kappa shape index (κ1) is 21.7. The molecule has 4 rings (SSSR count). The molecule has 5 heteroatoms. The van der Waals surface area contributed by atoms with E-state index < -0.39 is 6.10 Å². The van der Waals surface area contributed by atoms with Crippen molar-refractivity contribution in [3.05, 3.63) is 102 Å². The minimum absolute atomic E-state index is 0.261. The summed E-state index contributed by atoms with van der Waals surface area (Å²) in [5.74, 6) is 0. The molecule has 5 nitrogen and oxygen atoms in total. The lowest BCUT2D eigenvalue weighted by Crippen LogP contribution is -2.50. The van der Waals surface area contributed by atoms with E-state index in [9.17, 15) is 5.11 Å². The van der Waals surface area contributed by atoms with Crippen LogP contribution >= 0.6 is 0 Å². The van der Waals surface area contributed by atoms with Gasteiger partial charge in [0.2, 0.25) is 0 Å². The molecule has 1 N–H and O–H groups in total. The fourth-order valence-electron chi connectivity index (χ4n) is 4.24. The Hall–Kier alpha value is -2.57. The molecular formula is C26H31N3O2. The highest BCUT2D eigenvalue weighted by molar-refractivity contribution is 5.32. The quantitative estimate of drug-likeness (QED) is 0.579. The number of aromatic nitrogens is 1. The van der Waals surface area contributed by atoms with Crippen LogP contribution in [0.2, 0.25) is 0 Å². The average molecular weight is 418 g/mol. The molecule has 2 aromatic carbocycles. The number of aliphatic hydroxyl groups excluding tert-OH is 1. The number of pyridine rings is 1. The highest BCUT2D eigenvalue weighted by atomic mass is 16.5. The van der Waals surface area contributed by atoms with Crippen molar-refractivity contribution in [2.24, 2.45) is 0 Å². The lowest BCUT2D eigenvalue weighted by atomic mass is 9.96. The molecule has 2 heterocycles. The summed E-state index contributed by atoms with van der Waals surface area (Å²) in [7, 11) is 0. The largest absolute Gasteiger partial charge is 0.389 e. The van der Waals surface area contributed by atoms with Crippen LogP contribution in [0.5, 0.6) is 0 Å². The number of rotatable bonds is 9. The first-order chi connectivity index (χ1) is 15.3. The van der Waals surface area contributed by atoms with Crippen molar-refractivity contribution in [3.63, 3.8) is 0 Å². The summed E-state index contributed by atoms with van der Waals surface area (Å²) in [5.41, 5.74) is 3.67. The summed E-state index contributed by atoms with van der Waals surface area (Å²) in [6.45, 7) is 5.28. The lowest BCUT2D eigenvalue weighted by Gasteiger charge is -2.40. The van der Waals surface area contributed by atoms with Crippen molar-refractivity contribution in [1.29, 1.82) is 0 Å². The highest BCUT2D eigenvalue weighted by Crippen LogP contribution is 2.29. The Bertz CT molecular complexity index is 845. The van der Waals surface area contributed by atoms with Gasteiger partial charge in [-0.2, -0.15) is 0 Å². The molecule has 1 fully saturated rings. The summed E-state index contributed by atoms with van der Waals surface area (Å²) in [6.07, 6.45) is 3.06. The highest BCUT2D eigenvalue weighted by Gasteiger charge is 2.27. The van der Waals surface area contributed by atoms with E-state index in [0.717, 1.165) is 31.7 Å². The topological polar surface area (TPSA) is 48.8 Å². The van der Waals surface area contributed by atoms with Gasteiger partial charge in [-0.3, -0.25) is 14.8 Å². The van der Waals surface area contributed by atoms with Crippen LogP contribution in [0.15, 0.2) is 85.2 Å². The van der Waals surface area contributed by atoms with Gasteiger partial charge < -0.3 is 9.84 Å². The maximum Gasteiger partial charge on any atom is 0.0900 e. The molecule has 0 radical (unpaired) electrons. The van der Waals surface area contributed by atoms with Crippen LogP contribution in [-0.4, -0.2) is 65.3 Å². The fraction of sp³-hybridized carbons (Fsp3) is 0.346. The second-order valence-corrected chi connectivity index (χ2v) is 8.09. The lowest BCUT2D eigenvalue weighted by molar-refractivity contribution is -0.000764. The van der Waals surface area contributed by atoms with Crippen LogP contribution in [0, 0.1) is 0 Å². The number of hydrogen-bond donors (Lipinski definition) is 1. The van der Waals surface area contributed by atoms with E-state index >= 15 is 0 Å². The molecular weight excluding hydrogens is 386 g/mol. The minimum atomic E-state index is -0.484. The number of hydrogen-bond acceptors (Lipinski definition) is 5. The summed E-state index contributed by atoms with van der Waals surface area (Å²) in [4.78, 5) is 8.97. The fourth-order valence-corrected chi connectivity index (χ4v) is 4.24. The summed E-state index contributed by atoms with van der Waals surface area (Å²) in [5, 5.41) is 10.4. The van der Waals surface area contributed by atoms with Crippen molar-refractivity contribution >= 4 is 0 Å². The molecule has 1 unspecified atom stereocenters. The van der Waals surface area contributed by atoms with Gasteiger partial charge in [-0.25, -0.2) is 0 Å². The number of piperazine rings is 1. The van der Waals surface area contributed by atoms with E-state index in [4.69, 9.17) is 4.74 Å². The Morgan fingerprint density at radius 3 is 2.06 bits per heavy atom. The number of β-amino-alcohol motifs (C(OH)–C–C–N with tert-alkyl or cyclic N) is 1. The first-order valence-electron chi connectivity index (χ1n) is 11.0. The molecule has 1 saturated heterocycles. The molecule has 1 aliphatic heterocycles. The van der Waals surface area contributed by atoms with Gasteiger partial charge in [0.1, 0.15) is 0 Å². The van der Waals surface area contributed by atoms with Gasteiger partial charge in [-0.05, 0) is 22.8 Å². The minimum Gasteiger partial charge on any atom is -0.389 e. The van der Waals surface area contributed by atoms with E-state index in [0.29, 0.717) is 19.8 Å². The van der Waals surface area contributed by atoms with Crippen molar-refractivity contribution in [2.75, 3.05) is 39.3 Å². The molecule has 1 aromatic heterocycles. The number of nitrogens with zero attached hydrogens (tertiary/aromatic N) is 3. The smallest absolute Gasteiger partial charge is 0.0900 e. The van der Waals surface area contributed by atoms with E-state index in [1.165, 1.54) is 11.1 Å². The van der Waals surface area contributed by atoms with Gasteiger partial charge in [-0.1, -0.05) is 66.7 Å². The molecule has 31 heavy (non-hydrogen) atoms. The molecule has 3 aromatic rings. The Balaban J connectivity index is 1.28. The van der Waals surface area contributed by atoms with Gasteiger partial charge in [-0.15, -0.1) is 0 Å². The normalized spacial score (nSPS) is 16.5. The van der Waals surface area contributed by atoms with Crippen molar-refractivity contribution in [3.8, 4) is 0 Å². The molecule has 0 aliphatic carbocycles. The summed E-state index contributed by atoms with van der Waals surface area (Å²) >= 11 is 0. The third kappa shape index (κ3) is 6.21. The molecule has 162 valence electrons. The van der Waals surface area contributed by atoms with E-state index in [1.54, 1.807) is 12.4 Å². The van der Waals surface area contributed by atoms with Crippen LogP contribution in [0.1, 0.15) is 22.7 Å². The van der Waals surface area contributed by atoms with Crippen molar-refractivity contribution in [1.82, 2.24) is 14.8 Å². The molecule has 0 bridgehead atoms. The van der Waals surface area contributed by atoms with Crippen LogP contribution in [0.25, 0.3) is 0 Å². The van der Waals surface area contributed by atoms with Gasteiger partial charge in [0.05, 0.1) is 25.4 Å². The van der Waals surface area contributed by atoms with Crippen LogP contribution in [-0.2, 0) is 11.3 Å². The molecule has 0 saturated carbocycles. The van der Waals surface area contributed by atoms with E-state index in [1.807, 2.05) is 12.1 Å². The van der Waals surface area contributed by atoms with Gasteiger partial charge in [0.15, 0.2) is 0 Å². The van der Waals surface area contributed by atoms with Gasteiger partial charge in [0, 0.05) is 45.1 Å². The van der Waals surface area contributed by atoms with Crippen molar-refractivity contribution in [2.45, 2.75) is 18.8 Å². The zero-order valence-electron chi connectivity index (χ0n) is 17.9. The monoisotopic (exact) mass is 417 g/mol. The number of benzene rings is 2. The van der Waals surface area contributed by atoms with E-state index in [-0.39, 0.29) is 6.04 Å². The van der Waals surface area contributed by atoms with Crippen LogP contribution in [0.4, 0.5) is 0 Å². The first-order valence-corrected chi connectivity index (χ1v) is 11.0. The van der Waals surface area contributed by atoms with Gasteiger partial charge >= 0.3 is 0 Å². The van der Waals surface area contributed by atoms with Crippen LogP contribution < -0.4 is 0 Å². The second-order valence-electron chi connectivity index (χ2n) is 8.09. The van der Waals surface area contributed by atoms with E-state index in [2.05, 4.69) is 75.4 Å². The molecule has 1 aliphatic rings. The molecule has 0 amide bonds. The van der Waals surface area contributed by atoms with Crippen LogP contribution in [0.3, 0.4) is 0 Å². The Morgan fingerprint density at radius 1 is 0.839 bits per heavy atom.